The number of nitrogens with zero attached hydrogens (tertiary/aromatic N) is 6. The monoisotopic (exact) mass is 310 g/mol. The molecule has 0 fully saturated rings. The summed E-state index contributed by atoms with van der Waals surface area (Å²) in [6.45, 7) is 0. The minimum Gasteiger partial charge on any atom is -0.477 e. The van der Waals surface area contributed by atoms with Gasteiger partial charge in [-0.1, -0.05) is 30.3 Å². The second-order valence-electron chi connectivity index (χ2n) is 5.03. The molecule has 0 aliphatic carbocycles. The smallest absolute Gasteiger partial charge is 0.341 e. The summed E-state index contributed by atoms with van der Waals surface area (Å²) >= 11 is 0. The number of rotatable bonds is 4. The number of aliphatic imine (C=N–C) groups is 1. The molecule has 0 amide bonds. The van der Waals surface area contributed by atoms with E-state index in [0.717, 1.165) is 0 Å². The molecule has 0 unspecified atom stereocenters. The van der Waals surface area contributed by atoms with Gasteiger partial charge in [-0.15, -0.1) is 5.10 Å². The van der Waals surface area contributed by atoms with Gasteiger partial charge in [-0.05, 0) is 0 Å². The lowest BCUT2D eigenvalue weighted by Gasteiger charge is -2.05. The zero-order valence-corrected chi connectivity index (χ0v) is 12.6. The Morgan fingerprint density at radius 3 is 2.70 bits per heavy atom. The van der Waals surface area contributed by atoms with E-state index in [2.05, 4.69) is 20.1 Å². The molecule has 0 radical (unpaired) electrons. The Morgan fingerprint density at radius 1 is 1.30 bits per heavy atom. The first-order valence-corrected chi connectivity index (χ1v) is 6.81. The van der Waals surface area contributed by atoms with Gasteiger partial charge in [-0.3, -0.25) is 0 Å². The summed E-state index contributed by atoms with van der Waals surface area (Å²) in [5.74, 6) is -0.939. The van der Waals surface area contributed by atoms with Crippen molar-refractivity contribution in [3.05, 3.63) is 42.2 Å². The number of aromatic carboxylic acids is 1. The normalized spacial score (nSPS) is 11.2. The largest absolute Gasteiger partial charge is 0.477 e. The number of fused-ring (bicyclic) bond motifs is 1. The van der Waals surface area contributed by atoms with Gasteiger partial charge in [0.05, 0.1) is 12.0 Å². The lowest BCUT2D eigenvalue weighted by Crippen LogP contribution is -2.07. The van der Waals surface area contributed by atoms with Gasteiger partial charge in [0.25, 0.3) is 5.95 Å². The Labute approximate surface area is 131 Å². The molecular formula is C15H14N6O2. The molecule has 0 bridgehead atoms. The Morgan fingerprint density at radius 2 is 2.04 bits per heavy atom. The summed E-state index contributed by atoms with van der Waals surface area (Å²) in [5.41, 5.74) is 1.25. The molecule has 0 aliphatic rings. The van der Waals surface area contributed by atoms with Gasteiger partial charge in [0, 0.05) is 19.7 Å². The maximum atomic E-state index is 11.7. The van der Waals surface area contributed by atoms with Crippen molar-refractivity contribution in [2.75, 3.05) is 14.1 Å². The molecule has 0 saturated heterocycles. The van der Waals surface area contributed by atoms with E-state index in [1.54, 1.807) is 23.4 Å². The van der Waals surface area contributed by atoms with Crippen LogP contribution in [-0.2, 0) is 0 Å². The predicted molar refractivity (Wildman–Crippen MR) is 85.0 cm³/mol. The van der Waals surface area contributed by atoms with E-state index in [1.165, 1.54) is 10.8 Å². The SMILES string of the molecule is CN(C)/C=N/c1nc2c(C(=O)O)c(-c3ccccc3)ncn2n1. The summed E-state index contributed by atoms with van der Waals surface area (Å²) < 4.78 is 1.32. The molecule has 116 valence electrons. The Balaban J connectivity index is 2.20. The van der Waals surface area contributed by atoms with Gasteiger partial charge in [0.15, 0.2) is 5.65 Å². The molecule has 3 aromatic rings. The average Bonchev–Trinajstić information content (AvgIpc) is 2.95. The number of carbonyl (C=O) groups is 1. The molecular weight excluding hydrogens is 296 g/mol. The second-order valence-corrected chi connectivity index (χ2v) is 5.03. The van der Waals surface area contributed by atoms with E-state index >= 15 is 0 Å². The van der Waals surface area contributed by atoms with Crippen molar-refractivity contribution in [3.8, 4) is 11.3 Å². The second kappa shape index (κ2) is 5.84. The third-order valence-corrected chi connectivity index (χ3v) is 3.04. The summed E-state index contributed by atoms with van der Waals surface area (Å²) in [6.07, 6.45) is 2.98. The van der Waals surface area contributed by atoms with Crippen molar-refractivity contribution in [2.45, 2.75) is 0 Å². The van der Waals surface area contributed by atoms with Crippen LogP contribution in [0.1, 0.15) is 10.4 Å². The summed E-state index contributed by atoms with van der Waals surface area (Å²) in [5, 5.41) is 13.7. The van der Waals surface area contributed by atoms with Crippen molar-refractivity contribution in [1.82, 2.24) is 24.5 Å². The average molecular weight is 310 g/mol. The van der Waals surface area contributed by atoms with E-state index in [4.69, 9.17) is 0 Å². The predicted octanol–water partition coefficient (Wildman–Crippen LogP) is 1.71. The lowest BCUT2D eigenvalue weighted by molar-refractivity contribution is 0.0698. The first kappa shape index (κ1) is 14.6. The zero-order valence-electron chi connectivity index (χ0n) is 12.6. The fourth-order valence-electron chi connectivity index (χ4n) is 2.08. The number of hydrogen-bond donors (Lipinski definition) is 1. The van der Waals surface area contributed by atoms with Crippen molar-refractivity contribution in [1.29, 1.82) is 0 Å². The topological polar surface area (TPSA) is 96.0 Å². The number of hydrogen-bond acceptors (Lipinski definition) is 5. The molecule has 0 saturated carbocycles. The molecule has 3 rings (SSSR count). The van der Waals surface area contributed by atoms with Gasteiger partial charge in [-0.2, -0.15) is 9.50 Å². The van der Waals surface area contributed by atoms with Gasteiger partial charge in [0.1, 0.15) is 11.9 Å². The number of benzene rings is 1. The Hall–Kier alpha value is -3.29. The van der Waals surface area contributed by atoms with E-state index < -0.39 is 5.97 Å². The quantitative estimate of drug-likeness (QED) is 0.582. The summed E-state index contributed by atoms with van der Waals surface area (Å²) in [4.78, 5) is 26.0. The highest BCUT2D eigenvalue weighted by molar-refractivity contribution is 6.00. The van der Waals surface area contributed by atoms with Gasteiger partial charge in [-0.25, -0.2) is 14.8 Å². The van der Waals surface area contributed by atoms with Crippen LogP contribution in [-0.4, -0.2) is 56.0 Å². The maximum Gasteiger partial charge on any atom is 0.341 e. The number of carboxylic acid groups (broad SMARTS) is 1. The van der Waals surface area contributed by atoms with Gasteiger partial charge >= 0.3 is 5.97 Å². The van der Waals surface area contributed by atoms with Crippen LogP contribution >= 0.6 is 0 Å². The molecule has 0 atom stereocenters. The third kappa shape index (κ3) is 2.86. The fourth-order valence-corrected chi connectivity index (χ4v) is 2.08. The van der Waals surface area contributed by atoms with Crippen LogP contribution in [0.2, 0.25) is 0 Å². The summed E-state index contributed by atoms with van der Waals surface area (Å²) in [6, 6.07) is 9.10. The van der Waals surface area contributed by atoms with Crippen molar-refractivity contribution < 1.29 is 9.90 Å². The Kier molecular flexibility index (Phi) is 3.71. The third-order valence-electron chi connectivity index (χ3n) is 3.04. The first-order chi connectivity index (χ1) is 11.1. The van der Waals surface area contributed by atoms with Crippen LogP contribution in [0.25, 0.3) is 16.9 Å². The number of aromatic nitrogens is 4. The highest BCUT2D eigenvalue weighted by Gasteiger charge is 2.20. The standard InChI is InChI=1S/C15H14N6O2/c1-20(2)8-17-15-18-13-11(14(22)23)12(16-9-21(13)19-15)10-6-4-3-5-7-10/h3-9H,1-2H3,(H,22,23)/b17-8+. The molecule has 2 aromatic heterocycles. The highest BCUT2D eigenvalue weighted by atomic mass is 16.4. The molecule has 23 heavy (non-hydrogen) atoms. The molecule has 1 aromatic carbocycles. The van der Waals surface area contributed by atoms with Crippen molar-refractivity contribution in [2.24, 2.45) is 4.99 Å². The molecule has 0 aliphatic heterocycles. The summed E-state index contributed by atoms with van der Waals surface area (Å²) in [7, 11) is 3.63. The molecule has 8 nitrogen and oxygen atoms in total. The van der Waals surface area contributed by atoms with Crippen LogP contribution in [0, 0.1) is 0 Å². The van der Waals surface area contributed by atoms with Gasteiger partial charge in [0.2, 0.25) is 0 Å². The van der Waals surface area contributed by atoms with Crippen LogP contribution in [0.4, 0.5) is 5.95 Å². The van der Waals surface area contributed by atoms with E-state index in [9.17, 15) is 9.90 Å². The van der Waals surface area contributed by atoms with Crippen LogP contribution in [0.5, 0.6) is 0 Å². The van der Waals surface area contributed by atoms with Crippen LogP contribution in [0.3, 0.4) is 0 Å². The minimum atomic E-state index is -1.11. The first-order valence-electron chi connectivity index (χ1n) is 6.81. The lowest BCUT2D eigenvalue weighted by atomic mass is 10.1. The zero-order chi connectivity index (χ0) is 16.4. The number of carboxylic acids is 1. The minimum absolute atomic E-state index is 0.00231. The Bertz CT molecular complexity index is 886. The van der Waals surface area contributed by atoms with Gasteiger partial charge < -0.3 is 10.0 Å². The fraction of sp³-hybridized carbons (Fsp3) is 0.133. The van der Waals surface area contributed by atoms with E-state index in [0.29, 0.717) is 11.3 Å². The van der Waals surface area contributed by atoms with Crippen LogP contribution in [0.15, 0.2) is 41.7 Å². The van der Waals surface area contributed by atoms with E-state index in [1.807, 2.05) is 32.3 Å². The van der Waals surface area contributed by atoms with Crippen LogP contribution < -0.4 is 0 Å². The molecule has 8 heteroatoms. The highest BCUT2D eigenvalue weighted by Crippen LogP contribution is 2.24. The maximum absolute atomic E-state index is 11.7. The molecule has 0 spiro atoms. The van der Waals surface area contributed by atoms with Crippen molar-refractivity contribution >= 4 is 23.9 Å². The van der Waals surface area contributed by atoms with Crippen molar-refractivity contribution in [3.63, 3.8) is 0 Å². The molecule has 1 N–H and O–H groups in total. The molecule has 2 heterocycles. The van der Waals surface area contributed by atoms with E-state index in [-0.39, 0.29) is 17.2 Å².